The first-order chi connectivity index (χ1) is 24.3. The normalized spacial score (nSPS) is 20.2. The molecule has 236 valence electrons. The van der Waals surface area contributed by atoms with E-state index in [4.69, 9.17) is 0 Å². The molecule has 0 saturated heterocycles. The molecule has 1 aromatic heterocycles. The van der Waals surface area contributed by atoms with E-state index in [1.54, 1.807) is 0 Å². The van der Waals surface area contributed by atoms with Crippen LogP contribution in [0.1, 0.15) is 48.5 Å². The molecule has 2 heterocycles. The van der Waals surface area contributed by atoms with E-state index in [0.717, 1.165) is 30.6 Å². The zero-order valence-electron chi connectivity index (χ0n) is 27.3. The van der Waals surface area contributed by atoms with Crippen molar-refractivity contribution >= 4 is 54.7 Å². The minimum atomic E-state index is -0.0686. The van der Waals surface area contributed by atoms with Crippen molar-refractivity contribution in [2.75, 3.05) is 10.6 Å². The molecule has 2 N–H and O–H groups in total. The Morgan fingerprint density at radius 2 is 1.24 bits per heavy atom. The summed E-state index contributed by atoms with van der Waals surface area (Å²) in [7, 11) is 0. The number of nitrogens with one attached hydrogen (secondary N) is 2. The lowest BCUT2D eigenvalue weighted by Gasteiger charge is -2.38. The van der Waals surface area contributed by atoms with Crippen molar-refractivity contribution in [3.8, 4) is 0 Å². The molecule has 0 spiro atoms. The Morgan fingerprint density at radius 3 is 1.88 bits per heavy atom. The highest BCUT2D eigenvalue weighted by molar-refractivity contribution is 6.28. The lowest BCUT2D eigenvalue weighted by molar-refractivity contribution is 0.506. The molecule has 0 radical (unpaired) electrons. The van der Waals surface area contributed by atoms with Gasteiger partial charge in [0.25, 0.3) is 0 Å². The van der Waals surface area contributed by atoms with Crippen molar-refractivity contribution in [2.45, 2.75) is 37.4 Å². The van der Waals surface area contributed by atoms with Gasteiger partial charge < -0.3 is 15.2 Å². The second-order valence-electron chi connectivity index (χ2n) is 13.7. The third-order valence-corrected chi connectivity index (χ3v) is 10.9. The smallest absolute Gasteiger partial charge is 0.129 e. The minimum absolute atomic E-state index is 0.000352. The highest BCUT2D eigenvalue weighted by atomic mass is 15.3. The number of nitrogens with zero attached hydrogens (tertiary/aromatic N) is 1. The Bertz CT molecular complexity index is 2450. The SMILES string of the molecule is C1=CCCC(C2=CCC(c3ccc(C4Nc5ccccc5NC4n4c5ccc6ccccc6c5c5c6ccccc6ccc54)cc3)C=C2)=C1. The predicted molar refractivity (Wildman–Crippen MR) is 207 cm³/mol. The summed E-state index contributed by atoms with van der Waals surface area (Å²) in [5.41, 5.74) is 10.2. The Hall–Kier alpha value is -5.80. The molecule has 3 unspecified atom stereocenters. The summed E-state index contributed by atoms with van der Waals surface area (Å²) >= 11 is 0. The second-order valence-corrected chi connectivity index (χ2v) is 13.7. The third-order valence-electron chi connectivity index (χ3n) is 10.9. The number of para-hydroxylation sites is 2. The van der Waals surface area contributed by atoms with Crippen LogP contribution in [-0.2, 0) is 0 Å². The van der Waals surface area contributed by atoms with Crippen LogP contribution in [0.5, 0.6) is 0 Å². The Labute approximate surface area is 286 Å². The molecular weight excluding hydrogens is 595 g/mol. The molecule has 2 aliphatic carbocycles. The zero-order chi connectivity index (χ0) is 32.3. The predicted octanol–water partition coefficient (Wildman–Crippen LogP) is 12.1. The van der Waals surface area contributed by atoms with Crippen LogP contribution in [0.4, 0.5) is 11.4 Å². The number of hydrogen-bond acceptors (Lipinski definition) is 2. The molecule has 49 heavy (non-hydrogen) atoms. The van der Waals surface area contributed by atoms with Crippen LogP contribution < -0.4 is 10.6 Å². The van der Waals surface area contributed by atoms with Crippen LogP contribution in [-0.4, -0.2) is 4.57 Å². The topological polar surface area (TPSA) is 29.0 Å². The molecule has 3 nitrogen and oxygen atoms in total. The fourth-order valence-corrected chi connectivity index (χ4v) is 8.48. The quantitative estimate of drug-likeness (QED) is 0.202. The van der Waals surface area contributed by atoms with Gasteiger partial charge in [-0.05, 0) is 87.3 Å². The van der Waals surface area contributed by atoms with Gasteiger partial charge in [-0.1, -0.05) is 134 Å². The fraction of sp³-hybridized carbons (Fsp3) is 0.130. The first-order valence-electron chi connectivity index (χ1n) is 17.6. The minimum Gasteiger partial charge on any atom is -0.373 e. The van der Waals surface area contributed by atoms with E-state index in [0.29, 0.717) is 5.92 Å². The maximum Gasteiger partial charge on any atom is 0.129 e. The molecule has 0 bridgehead atoms. The van der Waals surface area contributed by atoms with Crippen LogP contribution in [0, 0.1) is 0 Å². The molecule has 7 aromatic rings. The second kappa shape index (κ2) is 11.4. The van der Waals surface area contributed by atoms with E-state index in [-0.39, 0.29) is 12.2 Å². The van der Waals surface area contributed by atoms with Gasteiger partial charge >= 0.3 is 0 Å². The standard InChI is InChI=1S/C46H37N3/c1-2-10-30(11-3-1)31-18-20-32(21-19-31)33-22-24-36(25-23-33)45-46(48-40-17-9-8-16-39(40)47-45)49-41-28-26-34-12-4-6-14-37(34)43(41)44-38-15-7-5-13-35(38)27-29-42(44)49/h1-2,4-10,12-20,22-29,32,45-48H,3,11,21H2. The van der Waals surface area contributed by atoms with Crippen molar-refractivity contribution in [2.24, 2.45) is 0 Å². The van der Waals surface area contributed by atoms with E-state index < -0.39 is 0 Å². The van der Waals surface area contributed by atoms with Crippen molar-refractivity contribution in [3.63, 3.8) is 0 Å². The number of aromatic nitrogens is 1. The molecule has 0 fully saturated rings. The average molecular weight is 632 g/mol. The Kier molecular flexibility index (Phi) is 6.58. The van der Waals surface area contributed by atoms with Crippen LogP contribution in [0.25, 0.3) is 43.4 Å². The summed E-state index contributed by atoms with van der Waals surface area (Å²) in [5.74, 6) is 0.394. The number of benzene rings is 6. The summed E-state index contributed by atoms with van der Waals surface area (Å²) in [6.07, 6.45) is 17.1. The van der Waals surface area contributed by atoms with E-state index in [9.17, 15) is 0 Å². The number of fused-ring (bicyclic) bond motifs is 8. The summed E-state index contributed by atoms with van der Waals surface area (Å²) in [6.45, 7) is 0. The first kappa shape index (κ1) is 28.2. The molecule has 0 saturated carbocycles. The largest absolute Gasteiger partial charge is 0.373 e. The summed E-state index contributed by atoms with van der Waals surface area (Å²) < 4.78 is 2.55. The lowest BCUT2D eigenvalue weighted by Crippen LogP contribution is -2.34. The van der Waals surface area contributed by atoms with Crippen molar-refractivity contribution in [1.82, 2.24) is 4.57 Å². The van der Waals surface area contributed by atoms with Gasteiger partial charge in [0.05, 0.1) is 28.5 Å². The van der Waals surface area contributed by atoms with E-state index >= 15 is 0 Å². The van der Waals surface area contributed by atoms with E-state index in [2.05, 4.69) is 173 Å². The number of rotatable bonds is 4. The summed E-state index contributed by atoms with van der Waals surface area (Å²) in [5, 5.41) is 15.7. The maximum absolute atomic E-state index is 4.01. The zero-order valence-corrected chi connectivity index (χ0v) is 27.3. The van der Waals surface area contributed by atoms with Gasteiger partial charge in [-0.3, -0.25) is 0 Å². The van der Waals surface area contributed by atoms with Crippen LogP contribution >= 0.6 is 0 Å². The van der Waals surface area contributed by atoms with E-state index in [1.165, 1.54) is 65.6 Å². The molecule has 10 rings (SSSR count). The molecule has 0 amide bonds. The van der Waals surface area contributed by atoms with Gasteiger partial charge in [-0.25, -0.2) is 0 Å². The van der Waals surface area contributed by atoms with Gasteiger partial charge in [0.1, 0.15) is 6.17 Å². The van der Waals surface area contributed by atoms with Gasteiger partial charge in [-0.15, -0.1) is 0 Å². The van der Waals surface area contributed by atoms with Gasteiger partial charge in [0, 0.05) is 16.7 Å². The maximum atomic E-state index is 4.01. The average Bonchev–Trinajstić information content (AvgIpc) is 3.53. The highest BCUT2D eigenvalue weighted by Crippen LogP contribution is 2.46. The van der Waals surface area contributed by atoms with Gasteiger partial charge in [0.2, 0.25) is 0 Å². The Morgan fingerprint density at radius 1 is 0.612 bits per heavy atom. The van der Waals surface area contributed by atoms with Crippen molar-refractivity contribution in [1.29, 1.82) is 0 Å². The van der Waals surface area contributed by atoms with Gasteiger partial charge in [-0.2, -0.15) is 0 Å². The van der Waals surface area contributed by atoms with Crippen LogP contribution in [0.2, 0.25) is 0 Å². The third kappa shape index (κ3) is 4.64. The summed E-state index contributed by atoms with van der Waals surface area (Å²) in [4.78, 5) is 0. The number of hydrogen-bond donors (Lipinski definition) is 2. The van der Waals surface area contributed by atoms with Crippen molar-refractivity contribution in [3.05, 3.63) is 180 Å². The molecular formula is C46H37N3. The highest BCUT2D eigenvalue weighted by Gasteiger charge is 2.33. The molecule has 6 aromatic carbocycles. The molecule has 3 aliphatic rings. The molecule has 3 heteroatoms. The Balaban J connectivity index is 1.10. The van der Waals surface area contributed by atoms with E-state index in [1.807, 2.05) is 0 Å². The molecule has 3 atom stereocenters. The van der Waals surface area contributed by atoms with Crippen molar-refractivity contribution < 1.29 is 0 Å². The molecule has 1 aliphatic heterocycles. The van der Waals surface area contributed by atoms with Crippen LogP contribution in [0.15, 0.2) is 169 Å². The van der Waals surface area contributed by atoms with Gasteiger partial charge in [0.15, 0.2) is 0 Å². The fourth-order valence-electron chi connectivity index (χ4n) is 8.48. The first-order valence-corrected chi connectivity index (χ1v) is 17.6. The number of allylic oxidation sites excluding steroid dienone is 8. The van der Waals surface area contributed by atoms with Crippen LogP contribution in [0.3, 0.4) is 0 Å². The monoisotopic (exact) mass is 631 g/mol. The summed E-state index contributed by atoms with van der Waals surface area (Å²) in [6, 6.07) is 44.8. The number of anilines is 2. The lowest BCUT2D eigenvalue weighted by atomic mass is 9.85.